The van der Waals surface area contributed by atoms with Gasteiger partial charge < -0.3 is 24.3 Å². The van der Waals surface area contributed by atoms with Gasteiger partial charge in [0.15, 0.2) is 11.5 Å². The van der Waals surface area contributed by atoms with Crippen LogP contribution in [0.3, 0.4) is 0 Å². The number of nitrogens with zero attached hydrogens (tertiary/aromatic N) is 1. The Morgan fingerprint density at radius 1 is 1.05 bits per heavy atom. The summed E-state index contributed by atoms with van der Waals surface area (Å²) >= 11 is 0. The van der Waals surface area contributed by atoms with E-state index in [-0.39, 0.29) is 24.0 Å². The Balaban J connectivity index is 1.58. The van der Waals surface area contributed by atoms with Crippen molar-refractivity contribution >= 4 is 34.0 Å². The van der Waals surface area contributed by atoms with Crippen LogP contribution in [0.5, 0.6) is 17.2 Å². The van der Waals surface area contributed by atoms with Crippen LogP contribution in [-0.4, -0.2) is 35.7 Å². The predicted octanol–water partition coefficient (Wildman–Crippen LogP) is 5.65. The first kappa shape index (κ1) is 23.7. The summed E-state index contributed by atoms with van der Waals surface area (Å²) in [6.45, 7) is 4.12. The average Bonchev–Trinajstić information content (AvgIpc) is 3.64. The van der Waals surface area contributed by atoms with Crippen molar-refractivity contribution in [3.8, 4) is 17.2 Å². The molecule has 0 aliphatic carbocycles. The van der Waals surface area contributed by atoms with Gasteiger partial charge in [0.25, 0.3) is 11.7 Å². The lowest BCUT2D eigenvalue weighted by Crippen LogP contribution is -2.29. The van der Waals surface area contributed by atoms with Crippen molar-refractivity contribution in [3.05, 3.63) is 89.1 Å². The minimum Gasteiger partial charge on any atom is -0.507 e. The summed E-state index contributed by atoms with van der Waals surface area (Å²) in [5.41, 5.74) is 3.33. The lowest BCUT2D eigenvalue weighted by Gasteiger charge is -2.25. The standard InChI is InChI=1S/C30H26N2O6/c1-16(2)20-12-17(8-10-23(20)36-3)28(33)26-27(21-14-31-22-7-5-4-6-19(21)22)32(30(35)29(26)34)18-9-11-24-25(13-18)38-15-37-24/h4-14,16,27,31,33H,15H2,1-3H3/b28-26+. The number of benzene rings is 3. The molecule has 1 unspecified atom stereocenters. The number of amides is 1. The van der Waals surface area contributed by atoms with Gasteiger partial charge in [-0.1, -0.05) is 32.0 Å². The lowest BCUT2D eigenvalue weighted by molar-refractivity contribution is -0.132. The Morgan fingerprint density at radius 3 is 2.63 bits per heavy atom. The molecule has 0 bridgehead atoms. The number of Topliss-reactive ketones (excluding diaryl/α,β-unsaturated/α-hetero) is 1. The maximum atomic E-state index is 13.6. The molecule has 8 nitrogen and oxygen atoms in total. The molecular formula is C30H26N2O6. The Labute approximate surface area is 219 Å². The number of ketones is 1. The molecular weight excluding hydrogens is 484 g/mol. The fourth-order valence-electron chi connectivity index (χ4n) is 5.24. The van der Waals surface area contributed by atoms with Gasteiger partial charge in [-0.15, -0.1) is 0 Å². The number of hydrogen-bond donors (Lipinski definition) is 2. The van der Waals surface area contributed by atoms with E-state index in [4.69, 9.17) is 14.2 Å². The highest BCUT2D eigenvalue weighted by Crippen LogP contribution is 2.46. The summed E-state index contributed by atoms with van der Waals surface area (Å²) in [7, 11) is 1.59. The van der Waals surface area contributed by atoms with E-state index in [1.54, 1.807) is 49.7 Å². The summed E-state index contributed by atoms with van der Waals surface area (Å²) in [6.07, 6.45) is 1.78. The number of anilines is 1. The first-order chi connectivity index (χ1) is 18.4. The van der Waals surface area contributed by atoms with E-state index in [9.17, 15) is 14.7 Å². The molecule has 2 aliphatic rings. The van der Waals surface area contributed by atoms with E-state index in [0.29, 0.717) is 34.1 Å². The molecule has 1 aromatic heterocycles. The average molecular weight is 511 g/mol. The normalized spacial score (nSPS) is 18.1. The number of H-pyrrole nitrogens is 1. The molecule has 2 N–H and O–H groups in total. The number of hydrogen-bond acceptors (Lipinski definition) is 6. The van der Waals surface area contributed by atoms with E-state index < -0.39 is 17.7 Å². The second-order valence-electron chi connectivity index (χ2n) is 9.61. The van der Waals surface area contributed by atoms with Crippen LogP contribution in [-0.2, 0) is 9.59 Å². The number of nitrogens with one attached hydrogen (secondary N) is 1. The first-order valence-corrected chi connectivity index (χ1v) is 12.3. The van der Waals surface area contributed by atoms with Crippen molar-refractivity contribution in [2.75, 3.05) is 18.8 Å². The Hall–Kier alpha value is -4.72. The number of ether oxygens (including phenoxy) is 3. The van der Waals surface area contributed by atoms with Gasteiger partial charge >= 0.3 is 0 Å². The van der Waals surface area contributed by atoms with E-state index in [1.165, 1.54) is 4.90 Å². The third-order valence-corrected chi connectivity index (χ3v) is 7.12. The van der Waals surface area contributed by atoms with E-state index in [1.807, 2.05) is 38.1 Å². The van der Waals surface area contributed by atoms with Crippen LogP contribution >= 0.6 is 0 Å². The second-order valence-corrected chi connectivity index (χ2v) is 9.61. The van der Waals surface area contributed by atoms with Gasteiger partial charge in [0.1, 0.15) is 11.5 Å². The van der Waals surface area contributed by atoms with Crippen molar-refractivity contribution in [1.82, 2.24) is 4.98 Å². The predicted molar refractivity (Wildman–Crippen MR) is 143 cm³/mol. The Kier molecular flexibility index (Phi) is 5.60. The van der Waals surface area contributed by atoms with Crippen LogP contribution in [0.1, 0.15) is 42.5 Å². The maximum absolute atomic E-state index is 13.6. The van der Waals surface area contributed by atoms with Crippen LogP contribution in [0, 0.1) is 0 Å². The van der Waals surface area contributed by atoms with E-state index >= 15 is 0 Å². The number of aromatic amines is 1. The quantitative estimate of drug-likeness (QED) is 0.204. The molecule has 3 aromatic carbocycles. The summed E-state index contributed by atoms with van der Waals surface area (Å²) in [5, 5.41) is 12.5. The molecule has 1 atom stereocenters. The van der Waals surface area contributed by atoms with Crippen LogP contribution < -0.4 is 19.1 Å². The molecule has 8 heteroatoms. The van der Waals surface area contributed by atoms with Crippen LogP contribution in [0.15, 0.2) is 72.4 Å². The number of aliphatic hydroxyl groups is 1. The number of carbonyl (C=O) groups excluding carboxylic acids is 2. The zero-order valence-electron chi connectivity index (χ0n) is 21.1. The number of methoxy groups -OCH3 is 1. The van der Waals surface area contributed by atoms with Gasteiger partial charge in [0.2, 0.25) is 6.79 Å². The van der Waals surface area contributed by atoms with Crippen LogP contribution in [0.25, 0.3) is 16.7 Å². The number of rotatable bonds is 5. The van der Waals surface area contributed by atoms with E-state index in [2.05, 4.69) is 4.98 Å². The van der Waals surface area contributed by atoms with Crippen molar-refractivity contribution in [2.45, 2.75) is 25.8 Å². The topological polar surface area (TPSA) is 101 Å². The number of fused-ring (bicyclic) bond motifs is 2. The third-order valence-electron chi connectivity index (χ3n) is 7.12. The highest BCUT2D eigenvalue weighted by Gasteiger charge is 2.48. The molecule has 192 valence electrons. The molecule has 3 heterocycles. The third kappa shape index (κ3) is 3.60. The second kappa shape index (κ2) is 8.99. The Bertz CT molecular complexity index is 1630. The zero-order valence-corrected chi connectivity index (χ0v) is 21.1. The highest BCUT2D eigenvalue weighted by molar-refractivity contribution is 6.52. The minimum atomic E-state index is -0.879. The minimum absolute atomic E-state index is 0.0114. The maximum Gasteiger partial charge on any atom is 0.300 e. The number of carbonyl (C=O) groups is 2. The number of aromatic nitrogens is 1. The summed E-state index contributed by atoms with van der Waals surface area (Å²) in [4.78, 5) is 31.9. The van der Waals surface area contributed by atoms with Crippen LogP contribution in [0.2, 0.25) is 0 Å². The van der Waals surface area contributed by atoms with Gasteiger partial charge in [-0.25, -0.2) is 0 Å². The fraction of sp³-hybridized carbons (Fsp3) is 0.200. The SMILES string of the molecule is COc1ccc(/C(O)=C2\C(=O)C(=O)N(c3ccc4c(c3)OCO4)C2c2c[nH]c3ccccc23)cc1C(C)C. The Morgan fingerprint density at radius 2 is 1.84 bits per heavy atom. The van der Waals surface area contributed by atoms with Gasteiger partial charge in [-0.05, 0) is 47.9 Å². The number of aliphatic hydroxyl groups excluding tert-OH is 1. The van der Waals surface area contributed by atoms with Crippen molar-refractivity contribution in [3.63, 3.8) is 0 Å². The van der Waals surface area contributed by atoms with Crippen molar-refractivity contribution in [2.24, 2.45) is 0 Å². The molecule has 2 aliphatic heterocycles. The molecule has 4 aromatic rings. The van der Waals surface area contributed by atoms with Gasteiger partial charge in [0.05, 0.1) is 18.7 Å². The van der Waals surface area contributed by atoms with Crippen molar-refractivity contribution < 1.29 is 28.9 Å². The van der Waals surface area contributed by atoms with E-state index in [0.717, 1.165) is 16.5 Å². The van der Waals surface area contributed by atoms with Gasteiger partial charge in [0, 0.05) is 40.0 Å². The lowest BCUT2D eigenvalue weighted by atomic mass is 9.93. The fourth-order valence-corrected chi connectivity index (χ4v) is 5.24. The molecule has 0 spiro atoms. The molecule has 6 rings (SSSR count). The summed E-state index contributed by atoms with van der Waals surface area (Å²) in [5.74, 6) is 0.0954. The molecule has 0 radical (unpaired) electrons. The highest BCUT2D eigenvalue weighted by atomic mass is 16.7. The molecule has 1 amide bonds. The smallest absolute Gasteiger partial charge is 0.300 e. The molecule has 38 heavy (non-hydrogen) atoms. The number of para-hydroxylation sites is 1. The van der Waals surface area contributed by atoms with Crippen LogP contribution in [0.4, 0.5) is 5.69 Å². The van der Waals surface area contributed by atoms with Crippen molar-refractivity contribution in [1.29, 1.82) is 0 Å². The first-order valence-electron chi connectivity index (χ1n) is 12.3. The summed E-state index contributed by atoms with van der Waals surface area (Å²) < 4.78 is 16.5. The van der Waals surface area contributed by atoms with Gasteiger partial charge in [-0.3, -0.25) is 14.5 Å². The molecule has 0 saturated carbocycles. The molecule has 1 fully saturated rings. The monoisotopic (exact) mass is 510 g/mol. The van der Waals surface area contributed by atoms with Gasteiger partial charge in [-0.2, -0.15) is 0 Å². The largest absolute Gasteiger partial charge is 0.507 e. The summed E-state index contributed by atoms with van der Waals surface area (Å²) in [6, 6.07) is 17.1. The molecule has 1 saturated heterocycles. The zero-order chi connectivity index (χ0) is 26.6.